The molecule has 0 saturated carbocycles. The number of anilines is 1. The number of fused-ring (bicyclic) bond motifs is 1. The van der Waals surface area contributed by atoms with E-state index in [0.29, 0.717) is 35.6 Å². The number of nitrogens with one attached hydrogen (secondary N) is 2. The van der Waals surface area contributed by atoms with Crippen LogP contribution in [0, 0.1) is 12.7 Å². The highest BCUT2D eigenvalue weighted by molar-refractivity contribution is 5.91. The number of aryl methyl sites for hydroxylation is 1. The molecule has 2 N–H and O–H groups in total. The molecule has 9 heteroatoms. The number of hydrogen-bond donors (Lipinski definition) is 2. The first-order chi connectivity index (χ1) is 15.4. The molecule has 1 atom stereocenters. The second-order valence-corrected chi connectivity index (χ2v) is 7.32. The van der Waals surface area contributed by atoms with Crippen LogP contribution < -0.4 is 15.4 Å². The number of amides is 2. The lowest BCUT2D eigenvalue weighted by Crippen LogP contribution is -2.51. The average molecular weight is 436 g/mol. The van der Waals surface area contributed by atoms with Gasteiger partial charge in [-0.15, -0.1) is 0 Å². The van der Waals surface area contributed by atoms with Crippen molar-refractivity contribution in [2.75, 3.05) is 19.0 Å². The van der Waals surface area contributed by atoms with Gasteiger partial charge in [0.1, 0.15) is 28.6 Å². The second kappa shape index (κ2) is 8.62. The van der Waals surface area contributed by atoms with Crippen LogP contribution in [-0.4, -0.2) is 35.7 Å². The zero-order chi connectivity index (χ0) is 22.7. The molecule has 0 aliphatic carbocycles. The van der Waals surface area contributed by atoms with E-state index in [1.165, 1.54) is 31.5 Å². The lowest BCUT2D eigenvalue weighted by molar-refractivity contribution is 0.0600. The molecule has 32 heavy (non-hydrogen) atoms. The molecule has 0 fully saturated rings. The molecule has 3 heterocycles. The predicted octanol–water partition coefficient (Wildman–Crippen LogP) is 3.56. The number of methoxy groups -OCH3 is 1. The van der Waals surface area contributed by atoms with Crippen LogP contribution in [0.15, 0.2) is 54.9 Å². The first-order valence-electron chi connectivity index (χ1n) is 9.91. The van der Waals surface area contributed by atoms with Crippen LogP contribution in [0.5, 0.6) is 5.75 Å². The lowest BCUT2D eigenvalue weighted by Gasteiger charge is -2.38. The highest BCUT2D eigenvalue weighted by Gasteiger charge is 2.42. The maximum atomic E-state index is 14.5. The number of carbonyl (C=O) groups excluding carboxylic acids is 2. The molecule has 0 radical (unpaired) electrons. The van der Waals surface area contributed by atoms with Crippen LogP contribution in [0.1, 0.15) is 33.6 Å². The Bertz CT molecular complexity index is 1170. The summed E-state index contributed by atoms with van der Waals surface area (Å²) in [4.78, 5) is 33.1. The maximum Gasteiger partial charge on any atom is 0.339 e. The molecule has 0 unspecified atom stereocenters. The van der Waals surface area contributed by atoms with Crippen molar-refractivity contribution in [1.29, 1.82) is 0 Å². The van der Waals surface area contributed by atoms with Gasteiger partial charge in [-0.1, -0.05) is 12.1 Å². The van der Waals surface area contributed by atoms with Crippen molar-refractivity contribution in [2.45, 2.75) is 18.9 Å². The molecule has 0 bridgehead atoms. The van der Waals surface area contributed by atoms with E-state index in [1.54, 1.807) is 37.4 Å². The third-order valence-corrected chi connectivity index (χ3v) is 5.33. The van der Waals surface area contributed by atoms with Gasteiger partial charge in [0.15, 0.2) is 0 Å². The summed E-state index contributed by atoms with van der Waals surface area (Å²) in [5, 5.41) is 5.61. The van der Waals surface area contributed by atoms with Crippen LogP contribution in [0.4, 0.5) is 15.0 Å². The lowest BCUT2D eigenvalue weighted by atomic mass is 9.81. The molecule has 2 amide bonds. The first-order valence-corrected chi connectivity index (χ1v) is 9.91. The minimum Gasteiger partial charge on any atom is -0.491 e. The standard InChI is InChI=1S/C23H21FN4O4/c1-14-5-7-16(12-17(14)24)23(9-11-32-18-4-3-10-25-20(18)23)28-22(30)27-19-8-6-15(13-26-19)21(29)31-2/h3-8,10,12-13H,9,11H2,1-2H3,(H2,26,27,28,30)/t23-/m0/s1. The van der Waals surface area contributed by atoms with Gasteiger partial charge in [0.05, 0.1) is 19.3 Å². The number of carbonyl (C=O) groups is 2. The fourth-order valence-electron chi connectivity index (χ4n) is 3.64. The Kier molecular flexibility index (Phi) is 5.72. The van der Waals surface area contributed by atoms with Crippen molar-refractivity contribution in [1.82, 2.24) is 15.3 Å². The zero-order valence-electron chi connectivity index (χ0n) is 17.5. The van der Waals surface area contributed by atoms with Crippen molar-refractivity contribution in [3.05, 3.63) is 83.1 Å². The van der Waals surface area contributed by atoms with Gasteiger partial charge in [0.25, 0.3) is 0 Å². The smallest absolute Gasteiger partial charge is 0.339 e. The summed E-state index contributed by atoms with van der Waals surface area (Å²) in [6.07, 6.45) is 3.25. The Hall–Kier alpha value is -4.01. The first kappa shape index (κ1) is 21.2. The van der Waals surface area contributed by atoms with Crippen molar-refractivity contribution in [2.24, 2.45) is 0 Å². The molecule has 1 aromatic carbocycles. The highest BCUT2D eigenvalue weighted by atomic mass is 19.1. The second-order valence-electron chi connectivity index (χ2n) is 7.32. The van der Waals surface area contributed by atoms with Crippen molar-refractivity contribution in [3.63, 3.8) is 0 Å². The van der Waals surface area contributed by atoms with E-state index in [2.05, 4.69) is 25.3 Å². The van der Waals surface area contributed by atoms with Crippen LogP contribution >= 0.6 is 0 Å². The Morgan fingerprint density at radius 2 is 2.03 bits per heavy atom. The molecule has 8 nitrogen and oxygen atoms in total. The molecule has 164 valence electrons. The fraction of sp³-hybridized carbons (Fsp3) is 0.217. The number of aromatic nitrogens is 2. The predicted molar refractivity (Wildman–Crippen MR) is 114 cm³/mol. The summed E-state index contributed by atoms with van der Waals surface area (Å²) in [5.74, 6) is -0.166. The minimum absolute atomic E-state index is 0.230. The Morgan fingerprint density at radius 1 is 1.19 bits per heavy atom. The van der Waals surface area contributed by atoms with E-state index in [1.807, 2.05) is 0 Å². The molecule has 2 aromatic heterocycles. The number of hydrogen-bond acceptors (Lipinski definition) is 6. The number of esters is 1. The maximum absolute atomic E-state index is 14.5. The number of benzene rings is 1. The summed E-state index contributed by atoms with van der Waals surface area (Å²) in [6, 6.07) is 10.7. The Labute approximate surface area is 183 Å². The van der Waals surface area contributed by atoms with Gasteiger partial charge >= 0.3 is 12.0 Å². The monoisotopic (exact) mass is 436 g/mol. The number of ether oxygens (including phenoxy) is 2. The van der Waals surface area contributed by atoms with Crippen LogP contribution in [0.25, 0.3) is 0 Å². The van der Waals surface area contributed by atoms with Crippen LogP contribution in [0.2, 0.25) is 0 Å². The van der Waals surface area contributed by atoms with E-state index in [9.17, 15) is 14.0 Å². The summed E-state index contributed by atoms with van der Waals surface area (Å²) < 4.78 is 24.8. The third-order valence-electron chi connectivity index (χ3n) is 5.33. The van der Waals surface area contributed by atoms with E-state index < -0.39 is 17.5 Å². The minimum atomic E-state index is -1.11. The molecular formula is C23H21FN4O4. The number of urea groups is 1. The number of pyridine rings is 2. The zero-order valence-corrected chi connectivity index (χ0v) is 17.5. The normalized spacial score (nSPS) is 17.0. The molecule has 0 saturated heterocycles. The molecular weight excluding hydrogens is 415 g/mol. The number of halogens is 1. The molecule has 4 rings (SSSR count). The van der Waals surface area contributed by atoms with Gasteiger partial charge in [-0.05, 0) is 48.4 Å². The summed E-state index contributed by atoms with van der Waals surface area (Å²) in [6.45, 7) is 1.98. The summed E-state index contributed by atoms with van der Waals surface area (Å²) in [7, 11) is 1.27. The van der Waals surface area contributed by atoms with Gasteiger partial charge in [-0.3, -0.25) is 10.3 Å². The largest absolute Gasteiger partial charge is 0.491 e. The van der Waals surface area contributed by atoms with Gasteiger partial charge in [0.2, 0.25) is 0 Å². The van der Waals surface area contributed by atoms with Crippen molar-refractivity contribution >= 4 is 17.8 Å². The van der Waals surface area contributed by atoms with Gasteiger partial charge in [0, 0.05) is 18.8 Å². The Morgan fingerprint density at radius 3 is 2.75 bits per heavy atom. The van der Waals surface area contributed by atoms with Crippen LogP contribution in [0.3, 0.4) is 0 Å². The molecule has 1 aliphatic heterocycles. The number of rotatable bonds is 4. The SMILES string of the molecule is COC(=O)c1ccc(NC(=O)N[C@]2(c3ccc(C)c(F)c3)CCOc3cccnc32)nc1. The average Bonchev–Trinajstić information content (AvgIpc) is 2.81. The van der Waals surface area contributed by atoms with E-state index >= 15 is 0 Å². The van der Waals surface area contributed by atoms with Gasteiger partial charge < -0.3 is 14.8 Å². The van der Waals surface area contributed by atoms with Crippen molar-refractivity contribution in [3.8, 4) is 5.75 Å². The summed E-state index contributed by atoms with van der Waals surface area (Å²) >= 11 is 0. The molecule has 0 spiro atoms. The quantitative estimate of drug-likeness (QED) is 0.607. The summed E-state index contributed by atoms with van der Waals surface area (Å²) in [5.41, 5.74) is 0.676. The van der Waals surface area contributed by atoms with Crippen LogP contribution in [-0.2, 0) is 10.3 Å². The highest BCUT2D eigenvalue weighted by Crippen LogP contribution is 2.40. The van der Waals surface area contributed by atoms with E-state index in [-0.39, 0.29) is 17.2 Å². The fourth-order valence-corrected chi connectivity index (χ4v) is 3.64. The van der Waals surface area contributed by atoms with Crippen molar-refractivity contribution < 1.29 is 23.5 Å². The van der Waals surface area contributed by atoms with E-state index in [4.69, 9.17) is 4.74 Å². The van der Waals surface area contributed by atoms with Gasteiger partial charge in [-0.2, -0.15) is 0 Å². The number of nitrogens with zero attached hydrogens (tertiary/aromatic N) is 2. The molecule has 1 aliphatic rings. The Balaban J connectivity index is 1.67. The third kappa shape index (κ3) is 3.96. The van der Waals surface area contributed by atoms with E-state index in [0.717, 1.165) is 0 Å². The topological polar surface area (TPSA) is 102 Å². The van der Waals surface area contributed by atoms with Gasteiger partial charge in [-0.25, -0.2) is 19.0 Å². The molecule has 3 aromatic rings.